The number of aromatic nitrogens is 2. The lowest BCUT2D eigenvalue weighted by Crippen LogP contribution is -2.37. The Balaban J connectivity index is 1.94. The number of nitrogens with zero attached hydrogens (tertiary/aromatic N) is 2. The smallest absolute Gasteiger partial charge is 0.221 e. The van der Waals surface area contributed by atoms with E-state index in [9.17, 15) is 0 Å². The molecule has 0 amide bonds. The summed E-state index contributed by atoms with van der Waals surface area (Å²) in [6, 6.07) is 7.85. The lowest BCUT2D eigenvalue weighted by molar-refractivity contribution is 0.397. The summed E-state index contributed by atoms with van der Waals surface area (Å²) in [6.45, 7) is 7.22. The van der Waals surface area contributed by atoms with E-state index in [0.29, 0.717) is 18.2 Å². The molecule has 0 spiro atoms. The van der Waals surface area contributed by atoms with Gasteiger partial charge in [0, 0.05) is 24.1 Å². The minimum atomic E-state index is 0.0975. The monoisotopic (exact) mass is 289 g/mol. The van der Waals surface area contributed by atoms with Gasteiger partial charge in [0.15, 0.2) is 0 Å². The van der Waals surface area contributed by atoms with Crippen LogP contribution in [0.3, 0.4) is 0 Å². The molecule has 2 aromatic rings. The van der Waals surface area contributed by atoms with Crippen LogP contribution in [0.4, 0.5) is 0 Å². The molecule has 0 aliphatic rings. The van der Waals surface area contributed by atoms with E-state index < -0.39 is 0 Å². The summed E-state index contributed by atoms with van der Waals surface area (Å²) in [7, 11) is 1.66. The first-order chi connectivity index (χ1) is 9.98. The SMILES string of the molecule is COc1ccccc1Cc1nnc(CCNC(C)(C)C)o1. The summed E-state index contributed by atoms with van der Waals surface area (Å²) in [4.78, 5) is 0. The lowest BCUT2D eigenvalue weighted by atomic mass is 10.1. The molecule has 0 aliphatic carbocycles. The molecule has 1 N–H and O–H groups in total. The topological polar surface area (TPSA) is 60.2 Å². The van der Waals surface area contributed by atoms with E-state index in [4.69, 9.17) is 9.15 Å². The van der Waals surface area contributed by atoms with E-state index in [0.717, 1.165) is 24.3 Å². The molecule has 0 unspecified atom stereocenters. The predicted molar refractivity (Wildman–Crippen MR) is 81.6 cm³/mol. The van der Waals surface area contributed by atoms with E-state index in [1.165, 1.54) is 0 Å². The predicted octanol–water partition coefficient (Wildman–Crippen LogP) is 2.60. The van der Waals surface area contributed by atoms with Gasteiger partial charge >= 0.3 is 0 Å². The maximum atomic E-state index is 5.68. The highest BCUT2D eigenvalue weighted by molar-refractivity contribution is 5.34. The van der Waals surface area contributed by atoms with Crippen molar-refractivity contribution in [2.24, 2.45) is 0 Å². The molecular formula is C16H23N3O2. The third-order valence-electron chi connectivity index (χ3n) is 3.04. The second-order valence-corrected chi connectivity index (χ2v) is 6.00. The number of hydrogen-bond donors (Lipinski definition) is 1. The van der Waals surface area contributed by atoms with Gasteiger partial charge in [0.25, 0.3) is 0 Å². The van der Waals surface area contributed by atoms with Crippen molar-refractivity contribution in [3.8, 4) is 5.75 Å². The third kappa shape index (κ3) is 4.86. The Bertz CT molecular complexity index is 573. The van der Waals surface area contributed by atoms with Gasteiger partial charge in [-0.15, -0.1) is 10.2 Å². The van der Waals surface area contributed by atoms with Gasteiger partial charge in [-0.25, -0.2) is 0 Å². The Hall–Kier alpha value is -1.88. The number of nitrogens with one attached hydrogen (secondary N) is 1. The zero-order valence-electron chi connectivity index (χ0n) is 13.1. The molecule has 0 saturated carbocycles. The van der Waals surface area contributed by atoms with Crippen LogP contribution in [0.1, 0.15) is 38.1 Å². The second kappa shape index (κ2) is 6.72. The molecule has 2 rings (SSSR count). The Labute approximate surface area is 125 Å². The van der Waals surface area contributed by atoms with Gasteiger partial charge in [0.2, 0.25) is 11.8 Å². The number of methoxy groups -OCH3 is 1. The second-order valence-electron chi connectivity index (χ2n) is 6.00. The number of rotatable bonds is 6. The van der Waals surface area contributed by atoms with E-state index in [-0.39, 0.29) is 5.54 Å². The van der Waals surface area contributed by atoms with E-state index in [1.54, 1.807) is 7.11 Å². The summed E-state index contributed by atoms with van der Waals surface area (Å²) < 4.78 is 11.0. The first-order valence-electron chi connectivity index (χ1n) is 7.16. The standard InChI is InChI=1S/C16H23N3O2/c1-16(2,3)17-10-9-14-18-19-15(21-14)11-12-7-5-6-8-13(12)20-4/h5-8,17H,9-11H2,1-4H3. The number of benzene rings is 1. The Kier molecular flexibility index (Phi) is 4.96. The van der Waals surface area contributed by atoms with Crippen LogP contribution >= 0.6 is 0 Å². The van der Waals surface area contributed by atoms with Crippen molar-refractivity contribution in [3.05, 3.63) is 41.6 Å². The van der Waals surface area contributed by atoms with Gasteiger partial charge in [0.05, 0.1) is 13.5 Å². The Morgan fingerprint density at radius 3 is 2.57 bits per heavy atom. The van der Waals surface area contributed by atoms with Crippen molar-refractivity contribution >= 4 is 0 Å². The highest BCUT2D eigenvalue weighted by Crippen LogP contribution is 2.20. The minimum Gasteiger partial charge on any atom is -0.496 e. The van der Waals surface area contributed by atoms with Crippen LogP contribution < -0.4 is 10.1 Å². The fourth-order valence-electron chi connectivity index (χ4n) is 2.02. The lowest BCUT2D eigenvalue weighted by Gasteiger charge is -2.19. The van der Waals surface area contributed by atoms with Gasteiger partial charge in [-0.1, -0.05) is 18.2 Å². The highest BCUT2D eigenvalue weighted by atomic mass is 16.5. The van der Waals surface area contributed by atoms with Crippen LogP contribution in [0.5, 0.6) is 5.75 Å². The largest absolute Gasteiger partial charge is 0.496 e. The zero-order chi connectivity index (χ0) is 15.3. The number of ether oxygens (including phenoxy) is 1. The molecule has 5 heteroatoms. The molecule has 0 fully saturated rings. The van der Waals surface area contributed by atoms with Crippen molar-refractivity contribution in [2.45, 2.75) is 39.2 Å². The highest BCUT2D eigenvalue weighted by Gasteiger charge is 2.12. The Morgan fingerprint density at radius 1 is 1.14 bits per heavy atom. The number of hydrogen-bond acceptors (Lipinski definition) is 5. The molecule has 5 nitrogen and oxygen atoms in total. The van der Waals surface area contributed by atoms with Crippen molar-refractivity contribution in [2.75, 3.05) is 13.7 Å². The summed E-state index contributed by atoms with van der Waals surface area (Å²) in [5.41, 5.74) is 1.14. The maximum Gasteiger partial charge on any atom is 0.221 e. The average molecular weight is 289 g/mol. The van der Waals surface area contributed by atoms with Gasteiger partial charge in [0.1, 0.15) is 5.75 Å². The molecule has 21 heavy (non-hydrogen) atoms. The van der Waals surface area contributed by atoms with Crippen molar-refractivity contribution in [1.82, 2.24) is 15.5 Å². The fourth-order valence-corrected chi connectivity index (χ4v) is 2.02. The van der Waals surface area contributed by atoms with Gasteiger partial charge in [-0.2, -0.15) is 0 Å². The van der Waals surface area contributed by atoms with Crippen LogP contribution in [-0.4, -0.2) is 29.4 Å². The van der Waals surface area contributed by atoms with Gasteiger partial charge in [-0.05, 0) is 26.8 Å². The summed E-state index contributed by atoms with van der Waals surface area (Å²) in [5, 5.41) is 11.6. The molecule has 114 valence electrons. The van der Waals surface area contributed by atoms with E-state index in [1.807, 2.05) is 24.3 Å². The molecule has 0 radical (unpaired) electrons. The molecule has 1 aromatic carbocycles. The molecule has 0 bridgehead atoms. The van der Waals surface area contributed by atoms with Crippen molar-refractivity contribution < 1.29 is 9.15 Å². The molecule has 1 aromatic heterocycles. The first-order valence-corrected chi connectivity index (χ1v) is 7.16. The van der Waals surface area contributed by atoms with Crippen molar-refractivity contribution in [1.29, 1.82) is 0 Å². The molecule has 0 aliphatic heterocycles. The molecule has 1 heterocycles. The summed E-state index contributed by atoms with van der Waals surface area (Å²) in [5.74, 6) is 2.12. The molecule has 0 saturated heterocycles. The summed E-state index contributed by atoms with van der Waals surface area (Å²) >= 11 is 0. The van der Waals surface area contributed by atoms with Crippen LogP contribution in [0.15, 0.2) is 28.7 Å². The quantitative estimate of drug-likeness (QED) is 0.885. The van der Waals surface area contributed by atoms with E-state index >= 15 is 0 Å². The first kappa shape index (κ1) is 15.5. The summed E-state index contributed by atoms with van der Waals surface area (Å²) in [6.07, 6.45) is 1.32. The number of para-hydroxylation sites is 1. The van der Waals surface area contributed by atoms with Crippen LogP contribution in [0.2, 0.25) is 0 Å². The molecular weight excluding hydrogens is 266 g/mol. The van der Waals surface area contributed by atoms with Gasteiger partial charge < -0.3 is 14.5 Å². The third-order valence-corrected chi connectivity index (χ3v) is 3.04. The van der Waals surface area contributed by atoms with Crippen LogP contribution in [-0.2, 0) is 12.8 Å². The van der Waals surface area contributed by atoms with Crippen LogP contribution in [0, 0.1) is 0 Å². The van der Waals surface area contributed by atoms with Crippen molar-refractivity contribution in [3.63, 3.8) is 0 Å². The average Bonchev–Trinajstić information content (AvgIpc) is 2.85. The maximum absolute atomic E-state index is 5.68. The van der Waals surface area contributed by atoms with Crippen LogP contribution in [0.25, 0.3) is 0 Å². The normalized spacial score (nSPS) is 11.6. The molecule has 0 atom stereocenters. The minimum absolute atomic E-state index is 0.0975. The van der Waals surface area contributed by atoms with Gasteiger partial charge in [-0.3, -0.25) is 0 Å². The Morgan fingerprint density at radius 2 is 1.86 bits per heavy atom. The van der Waals surface area contributed by atoms with E-state index in [2.05, 4.69) is 36.3 Å². The zero-order valence-corrected chi connectivity index (χ0v) is 13.1. The fraction of sp³-hybridized carbons (Fsp3) is 0.500.